The summed E-state index contributed by atoms with van der Waals surface area (Å²) >= 11 is 0. The van der Waals surface area contributed by atoms with Crippen LogP contribution < -0.4 is 5.32 Å². The fourth-order valence-corrected chi connectivity index (χ4v) is 9.17. The molecule has 0 aliphatic carbocycles. The van der Waals surface area contributed by atoms with Crippen molar-refractivity contribution in [3.8, 4) is 0 Å². The third-order valence-corrected chi connectivity index (χ3v) is 12.5. The van der Waals surface area contributed by atoms with E-state index in [1.165, 1.54) is 21.0 Å². The summed E-state index contributed by atoms with van der Waals surface area (Å²) in [6, 6.07) is 8.40. The molecule has 6 unspecified atom stereocenters. The third-order valence-electron chi connectivity index (χ3n) is 12.5. The van der Waals surface area contributed by atoms with Crippen LogP contribution >= 0.6 is 0 Å². The number of amides is 1. The molecule has 1 aromatic carbocycles. The van der Waals surface area contributed by atoms with Crippen LogP contribution in [0, 0.1) is 23.2 Å². The van der Waals surface area contributed by atoms with Gasteiger partial charge in [0.1, 0.15) is 23.4 Å². The first kappa shape index (κ1) is 44.8. The first-order valence-corrected chi connectivity index (χ1v) is 19.9. The van der Waals surface area contributed by atoms with Gasteiger partial charge in [0.15, 0.2) is 17.7 Å². The Morgan fingerprint density at radius 1 is 1.02 bits per heavy atom. The van der Waals surface area contributed by atoms with Gasteiger partial charge in [0.2, 0.25) is 0 Å². The predicted molar refractivity (Wildman–Crippen MR) is 207 cm³/mol. The summed E-state index contributed by atoms with van der Waals surface area (Å²) in [5.41, 5.74) is -3.29. The van der Waals surface area contributed by atoms with Gasteiger partial charge in [0.05, 0.1) is 23.9 Å². The fraction of sp³-hybridized carbons (Fsp3) is 0.762. The number of methoxy groups -OCH3 is 1. The molecule has 0 aromatic heterocycles. The summed E-state index contributed by atoms with van der Waals surface area (Å²) in [7, 11) is 5.25. The van der Waals surface area contributed by atoms with Gasteiger partial charge in [-0.3, -0.25) is 19.3 Å². The average molecular weight is 774 g/mol. The number of carbonyl (C=O) groups excluding carboxylic acids is 4. The van der Waals surface area contributed by atoms with Gasteiger partial charge >= 0.3 is 12.1 Å². The van der Waals surface area contributed by atoms with E-state index >= 15 is 0 Å². The van der Waals surface area contributed by atoms with Gasteiger partial charge in [0, 0.05) is 50.0 Å². The highest BCUT2D eigenvalue weighted by atomic mass is 16.7. The molecule has 0 radical (unpaired) electrons. The van der Waals surface area contributed by atoms with Crippen LogP contribution in [0.2, 0.25) is 0 Å². The van der Waals surface area contributed by atoms with Crippen LogP contribution in [-0.4, -0.2) is 126 Å². The molecule has 55 heavy (non-hydrogen) atoms. The number of aliphatic hydroxyl groups is 1. The van der Waals surface area contributed by atoms with Crippen molar-refractivity contribution >= 4 is 23.6 Å². The third kappa shape index (κ3) is 9.12. The molecule has 3 heterocycles. The van der Waals surface area contributed by atoms with Gasteiger partial charge < -0.3 is 39.0 Å². The maximum atomic E-state index is 14.7. The molecule has 13 nitrogen and oxygen atoms in total. The molecule has 1 amide bonds. The number of hydrogen-bond donors (Lipinski definition) is 2. The average Bonchev–Trinajstić information content (AvgIpc) is 3.42. The van der Waals surface area contributed by atoms with Crippen molar-refractivity contribution < 1.29 is 48.0 Å². The van der Waals surface area contributed by atoms with Gasteiger partial charge in [-0.25, -0.2) is 4.79 Å². The van der Waals surface area contributed by atoms with Crippen molar-refractivity contribution in [2.75, 3.05) is 27.7 Å². The second-order valence-electron chi connectivity index (χ2n) is 17.4. The molecular formula is C42H67N3O10. The van der Waals surface area contributed by atoms with Crippen molar-refractivity contribution in [2.45, 2.75) is 155 Å². The lowest BCUT2D eigenvalue weighted by atomic mass is 9.71. The maximum absolute atomic E-state index is 14.7. The number of nitrogens with one attached hydrogen (secondary N) is 1. The summed E-state index contributed by atoms with van der Waals surface area (Å²) in [6.07, 6.45) is -4.14. The van der Waals surface area contributed by atoms with Crippen LogP contribution in [0.1, 0.15) is 94.1 Å². The number of aliphatic hydroxyl groups excluding tert-OH is 1. The first-order chi connectivity index (χ1) is 25.6. The Bertz CT molecular complexity index is 1510. The number of ketones is 2. The summed E-state index contributed by atoms with van der Waals surface area (Å²) in [4.78, 5) is 61.1. The normalized spacial score (nSPS) is 38.3. The Hall–Kier alpha value is -2.94. The zero-order chi connectivity index (χ0) is 41.2. The van der Waals surface area contributed by atoms with Crippen LogP contribution in [0.5, 0.6) is 0 Å². The molecule has 1 aromatic rings. The molecule has 13 heteroatoms. The molecule has 4 rings (SSSR count). The number of Topliss-reactive ketones (excluding diaryl/α,β-unsaturated/α-hetero) is 2. The largest absolute Gasteiger partial charge is 0.457 e. The van der Waals surface area contributed by atoms with E-state index in [0.29, 0.717) is 19.5 Å². The number of fused-ring (bicyclic) bond motifs is 1. The van der Waals surface area contributed by atoms with Crippen LogP contribution in [0.15, 0.2) is 30.3 Å². The molecule has 0 saturated carbocycles. The number of hydrogen-bond acceptors (Lipinski definition) is 12. The molecule has 0 bridgehead atoms. The Morgan fingerprint density at radius 3 is 2.24 bits per heavy atom. The molecule has 3 aliphatic rings. The summed E-state index contributed by atoms with van der Waals surface area (Å²) in [6.45, 7) is 18.4. The van der Waals surface area contributed by atoms with Crippen LogP contribution in [0.3, 0.4) is 0 Å². The van der Waals surface area contributed by atoms with E-state index in [1.54, 1.807) is 32.6 Å². The molecule has 3 saturated heterocycles. The number of esters is 1. The molecule has 13 atom stereocenters. The second-order valence-corrected chi connectivity index (χ2v) is 17.4. The van der Waals surface area contributed by atoms with E-state index in [2.05, 4.69) is 5.32 Å². The van der Waals surface area contributed by atoms with E-state index in [1.807, 2.05) is 77.0 Å². The Morgan fingerprint density at radius 2 is 1.65 bits per heavy atom. The Kier molecular flexibility index (Phi) is 14.4. The van der Waals surface area contributed by atoms with Crippen LogP contribution in [0.4, 0.5) is 4.79 Å². The highest BCUT2D eigenvalue weighted by molar-refractivity contribution is 6.04. The van der Waals surface area contributed by atoms with Crippen LogP contribution in [0.25, 0.3) is 0 Å². The van der Waals surface area contributed by atoms with E-state index in [-0.39, 0.29) is 30.8 Å². The van der Waals surface area contributed by atoms with Crippen molar-refractivity contribution in [1.82, 2.24) is 15.1 Å². The van der Waals surface area contributed by atoms with Gasteiger partial charge in [-0.1, -0.05) is 58.0 Å². The number of rotatable bonds is 10. The van der Waals surface area contributed by atoms with Crippen molar-refractivity contribution in [3.63, 3.8) is 0 Å². The lowest BCUT2D eigenvalue weighted by Crippen LogP contribution is -2.61. The van der Waals surface area contributed by atoms with Gasteiger partial charge in [-0.15, -0.1) is 0 Å². The van der Waals surface area contributed by atoms with Gasteiger partial charge in [0.25, 0.3) is 0 Å². The van der Waals surface area contributed by atoms with Crippen molar-refractivity contribution in [2.24, 2.45) is 23.2 Å². The lowest BCUT2D eigenvalue weighted by molar-refractivity contribution is -0.295. The topological polar surface area (TPSA) is 153 Å². The van der Waals surface area contributed by atoms with E-state index < -0.39 is 88.9 Å². The number of likely N-dealkylation sites (N-methyl/N-ethyl adjacent to an activating group) is 1. The standard InChI is InChI=1S/C42H67N3O10/c1-14-31-42(10)34(45(39(50)55-42)25(3)22-43-23-29-18-16-15-17-19-29)27(5)32(46)24(2)21-41(9,51-13)36(28(6)35(48)40(7,8)38(49)53-31)54-37-33(47)30(44(11)12)20-26(4)52-37/h15-19,24-28,30-31,33-34,36-37,43,47H,14,20-23H2,1-13H3/t24-,25?,26?,27?,28+,30?,31-,33-,34?,36-,37?,41-,42-/m1/s1. The summed E-state index contributed by atoms with van der Waals surface area (Å²) in [5, 5.41) is 14.9. The van der Waals surface area contributed by atoms with Crippen LogP contribution in [-0.2, 0) is 44.6 Å². The Balaban J connectivity index is 1.77. The highest BCUT2D eigenvalue weighted by Gasteiger charge is 2.62. The van der Waals surface area contributed by atoms with Gasteiger partial charge in [-0.05, 0) is 80.5 Å². The number of cyclic esters (lactones) is 1. The van der Waals surface area contributed by atoms with Crippen molar-refractivity contribution in [1.29, 1.82) is 0 Å². The molecule has 3 fully saturated rings. The molecule has 3 aliphatic heterocycles. The highest BCUT2D eigenvalue weighted by Crippen LogP contribution is 2.44. The number of carbonyl (C=O) groups is 4. The Labute approximate surface area is 328 Å². The van der Waals surface area contributed by atoms with E-state index in [0.717, 1.165) is 5.56 Å². The van der Waals surface area contributed by atoms with E-state index in [4.69, 9.17) is 23.7 Å². The first-order valence-electron chi connectivity index (χ1n) is 19.9. The fourth-order valence-electron chi connectivity index (χ4n) is 9.17. The second kappa shape index (κ2) is 17.7. The lowest BCUT2D eigenvalue weighted by Gasteiger charge is -2.47. The van der Waals surface area contributed by atoms with E-state index in [9.17, 15) is 24.3 Å². The monoisotopic (exact) mass is 773 g/mol. The number of benzene rings is 1. The minimum atomic E-state index is -1.67. The maximum Gasteiger partial charge on any atom is 0.411 e. The number of ether oxygens (including phenoxy) is 5. The number of nitrogens with zero attached hydrogens (tertiary/aromatic N) is 2. The zero-order valence-corrected chi connectivity index (χ0v) is 35.3. The smallest absolute Gasteiger partial charge is 0.411 e. The van der Waals surface area contributed by atoms with Crippen molar-refractivity contribution in [3.05, 3.63) is 35.9 Å². The predicted octanol–water partition coefficient (Wildman–Crippen LogP) is 4.76. The summed E-state index contributed by atoms with van der Waals surface area (Å²) in [5.74, 6) is -3.81. The molecular weight excluding hydrogens is 706 g/mol. The molecule has 2 N–H and O–H groups in total. The SMILES string of the molecule is CC[C@H]1OC(=O)C(C)(C)C(=O)[C@H](C)[C@@H](OC2OC(C)CC(N(C)C)[C@H]2O)[C@](C)(OC)C[C@@H](C)C(=O)C(C)C2N(C(C)CNCc3ccccc3)C(=O)O[C@@]21C. The van der Waals surface area contributed by atoms with Gasteiger partial charge in [-0.2, -0.15) is 0 Å². The minimum Gasteiger partial charge on any atom is -0.457 e. The molecule has 0 spiro atoms. The minimum absolute atomic E-state index is 0.124. The molecule has 310 valence electrons. The summed E-state index contributed by atoms with van der Waals surface area (Å²) < 4.78 is 31.4. The quantitative estimate of drug-likeness (QED) is 0.249. The zero-order valence-electron chi connectivity index (χ0n) is 35.3.